The van der Waals surface area contributed by atoms with Gasteiger partial charge in [0, 0.05) is 25.7 Å². The van der Waals surface area contributed by atoms with Crippen molar-refractivity contribution in [1.29, 1.82) is 0 Å². The highest BCUT2D eigenvalue weighted by molar-refractivity contribution is 5.42. The fraction of sp³-hybridized carbons (Fsp3) is 0.667. The summed E-state index contributed by atoms with van der Waals surface area (Å²) in [6, 6.07) is 4.89. The van der Waals surface area contributed by atoms with E-state index in [0.717, 1.165) is 37.3 Å². The second-order valence-corrected chi connectivity index (χ2v) is 6.96. The molecular formula is C18H30N2O. The number of hydrogen-bond acceptors (Lipinski definition) is 3. The molecule has 1 aromatic rings. The van der Waals surface area contributed by atoms with Gasteiger partial charge >= 0.3 is 0 Å². The van der Waals surface area contributed by atoms with E-state index in [1.165, 1.54) is 18.4 Å². The second-order valence-electron chi connectivity index (χ2n) is 6.96. The lowest BCUT2D eigenvalue weighted by atomic mass is 10.0. The summed E-state index contributed by atoms with van der Waals surface area (Å²) in [4.78, 5) is 2.55. The van der Waals surface area contributed by atoms with Crippen LogP contribution in [0.5, 0.6) is 5.75 Å². The summed E-state index contributed by atoms with van der Waals surface area (Å²) in [7, 11) is 0. The molecule has 0 saturated carbocycles. The van der Waals surface area contributed by atoms with Crippen LogP contribution in [0.2, 0.25) is 0 Å². The molecule has 0 bridgehead atoms. The zero-order valence-electron chi connectivity index (χ0n) is 13.9. The Labute approximate surface area is 129 Å². The fourth-order valence-corrected chi connectivity index (χ4v) is 3.34. The molecule has 0 amide bonds. The van der Waals surface area contributed by atoms with Gasteiger partial charge in [0.05, 0.1) is 0 Å². The minimum Gasteiger partial charge on any atom is -0.507 e. The average molecular weight is 290 g/mol. The third kappa shape index (κ3) is 4.72. The van der Waals surface area contributed by atoms with Crippen LogP contribution < -0.4 is 5.32 Å². The quantitative estimate of drug-likeness (QED) is 0.844. The van der Waals surface area contributed by atoms with Crippen molar-refractivity contribution in [3.05, 3.63) is 28.8 Å². The maximum atomic E-state index is 9.92. The molecular weight excluding hydrogens is 260 g/mol. The molecule has 1 aromatic carbocycles. The van der Waals surface area contributed by atoms with Crippen molar-refractivity contribution in [1.82, 2.24) is 10.2 Å². The molecule has 0 aromatic heterocycles. The van der Waals surface area contributed by atoms with Gasteiger partial charge in [0.15, 0.2) is 0 Å². The number of rotatable bonds is 6. The Kier molecular flexibility index (Phi) is 5.65. The molecule has 0 aliphatic carbocycles. The van der Waals surface area contributed by atoms with Crippen LogP contribution in [0.1, 0.15) is 43.4 Å². The monoisotopic (exact) mass is 290 g/mol. The van der Waals surface area contributed by atoms with Crippen LogP contribution in [0, 0.1) is 19.8 Å². The third-order valence-corrected chi connectivity index (χ3v) is 4.22. The smallest absolute Gasteiger partial charge is 0.121 e. The van der Waals surface area contributed by atoms with E-state index in [4.69, 9.17) is 0 Å². The van der Waals surface area contributed by atoms with Crippen molar-refractivity contribution in [2.24, 2.45) is 5.92 Å². The summed E-state index contributed by atoms with van der Waals surface area (Å²) >= 11 is 0. The predicted molar refractivity (Wildman–Crippen MR) is 88.7 cm³/mol. The highest BCUT2D eigenvalue weighted by Gasteiger charge is 2.19. The van der Waals surface area contributed by atoms with Gasteiger partial charge in [-0.05, 0) is 55.8 Å². The molecule has 0 spiro atoms. The fourth-order valence-electron chi connectivity index (χ4n) is 3.34. The number of phenols is 1. The predicted octanol–water partition coefficient (Wildman–Crippen LogP) is 3.22. The molecule has 2 N–H and O–H groups in total. The highest BCUT2D eigenvalue weighted by Crippen LogP contribution is 2.24. The van der Waals surface area contributed by atoms with E-state index < -0.39 is 0 Å². The number of aromatic hydroxyl groups is 1. The Morgan fingerprint density at radius 1 is 1.29 bits per heavy atom. The van der Waals surface area contributed by atoms with E-state index in [2.05, 4.69) is 36.2 Å². The Morgan fingerprint density at radius 3 is 2.48 bits per heavy atom. The van der Waals surface area contributed by atoms with Crippen LogP contribution in [-0.2, 0) is 6.54 Å². The number of nitrogens with one attached hydrogen (secondary N) is 1. The first-order valence-corrected chi connectivity index (χ1v) is 8.20. The van der Waals surface area contributed by atoms with Gasteiger partial charge < -0.3 is 10.4 Å². The first-order valence-electron chi connectivity index (χ1n) is 8.20. The number of phenolic OH excluding ortho intramolecular Hbond substituents is 1. The van der Waals surface area contributed by atoms with Crippen molar-refractivity contribution in [3.63, 3.8) is 0 Å². The Bertz CT molecular complexity index is 441. The Hall–Kier alpha value is -1.06. The molecule has 3 heteroatoms. The number of nitrogens with zero attached hydrogens (tertiary/aromatic N) is 1. The van der Waals surface area contributed by atoms with Gasteiger partial charge in [0.2, 0.25) is 0 Å². The largest absolute Gasteiger partial charge is 0.507 e. The molecule has 1 saturated heterocycles. The van der Waals surface area contributed by atoms with E-state index in [1.807, 2.05) is 13.8 Å². The molecule has 1 heterocycles. The topological polar surface area (TPSA) is 35.5 Å². The molecule has 1 aliphatic heterocycles. The number of hydrogen-bond donors (Lipinski definition) is 2. The van der Waals surface area contributed by atoms with Gasteiger partial charge in [-0.25, -0.2) is 0 Å². The van der Waals surface area contributed by atoms with Crippen molar-refractivity contribution in [2.75, 3.05) is 19.6 Å². The minimum absolute atomic E-state index is 0.437. The maximum Gasteiger partial charge on any atom is 0.121 e. The Balaban J connectivity index is 2.06. The SMILES string of the molecule is Cc1cc(CN(CC(C)C)CC2CCCN2)cc(C)c1O. The lowest BCUT2D eigenvalue weighted by molar-refractivity contribution is 0.216. The van der Waals surface area contributed by atoms with Gasteiger partial charge in [-0.3, -0.25) is 4.90 Å². The minimum atomic E-state index is 0.437. The molecule has 2 rings (SSSR count). The molecule has 21 heavy (non-hydrogen) atoms. The summed E-state index contributed by atoms with van der Waals surface area (Å²) < 4.78 is 0. The van der Waals surface area contributed by atoms with E-state index in [-0.39, 0.29) is 0 Å². The summed E-state index contributed by atoms with van der Waals surface area (Å²) in [5, 5.41) is 13.5. The molecule has 1 atom stereocenters. The van der Waals surface area contributed by atoms with Crippen LogP contribution in [0.4, 0.5) is 0 Å². The third-order valence-electron chi connectivity index (χ3n) is 4.22. The van der Waals surface area contributed by atoms with Gasteiger partial charge in [-0.2, -0.15) is 0 Å². The van der Waals surface area contributed by atoms with Crippen LogP contribution in [0.15, 0.2) is 12.1 Å². The highest BCUT2D eigenvalue weighted by atomic mass is 16.3. The summed E-state index contributed by atoms with van der Waals surface area (Å²) in [6.07, 6.45) is 2.60. The van der Waals surface area contributed by atoms with Gasteiger partial charge in [0.1, 0.15) is 5.75 Å². The van der Waals surface area contributed by atoms with Crippen molar-refractivity contribution in [2.45, 2.75) is 53.1 Å². The number of benzene rings is 1. The normalized spacial score (nSPS) is 18.9. The van der Waals surface area contributed by atoms with E-state index in [9.17, 15) is 5.11 Å². The van der Waals surface area contributed by atoms with Crippen molar-refractivity contribution >= 4 is 0 Å². The summed E-state index contributed by atoms with van der Waals surface area (Å²) in [5.74, 6) is 1.11. The van der Waals surface area contributed by atoms with Crippen LogP contribution >= 0.6 is 0 Å². The van der Waals surface area contributed by atoms with Crippen molar-refractivity contribution in [3.8, 4) is 5.75 Å². The lowest BCUT2D eigenvalue weighted by Crippen LogP contribution is -2.39. The van der Waals surface area contributed by atoms with Crippen LogP contribution in [-0.4, -0.2) is 35.7 Å². The van der Waals surface area contributed by atoms with E-state index >= 15 is 0 Å². The number of aryl methyl sites for hydroxylation is 2. The lowest BCUT2D eigenvalue weighted by Gasteiger charge is -2.27. The van der Waals surface area contributed by atoms with Gasteiger partial charge in [-0.1, -0.05) is 26.0 Å². The summed E-state index contributed by atoms with van der Waals surface area (Å²) in [6.45, 7) is 12.9. The van der Waals surface area contributed by atoms with Crippen LogP contribution in [0.3, 0.4) is 0 Å². The van der Waals surface area contributed by atoms with Gasteiger partial charge in [0.25, 0.3) is 0 Å². The first kappa shape index (κ1) is 16.3. The molecule has 1 fully saturated rings. The molecule has 1 aliphatic rings. The van der Waals surface area contributed by atoms with E-state index in [0.29, 0.717) is 17.7 Å². The molecule has 3 nitrogen and oxygen atoms in total. The molecule has 0 radical (unpaired) electrons. The van der Waals surface area contributed by atoms with Gasteiger partial charge in [-0.15, -0.1) is 0 Å². The Morgan fingerprint density at radius 2 is 1.95 bits per heavy atom. The van der Waals surface area contributed by atoms with Crippen molar-refractivity contribution < 1.29 is 5.11 Å². The average Bonchev–Trinajstić information content (AvgIpc) is 2.87. The first-order chi connectivity index (χ1) is 9.95. The molecule has 118 valence electrons. The maximum absolute atomic E-state index is 9.92. The van der Waals surface area contributed by atoms with Crippen LogP contribution in [0.25, 0.3) is 0 Å². The zero-order chi connectivity index (χ0) is 15.4. The summed E-state index contributed by atoms with van der Waals surface area (Å²) in [5.41, 5.74) is 3.27. The second kappa shape index (κ2) is 7.28. The van der Waals surface area contributed by atoms with E-state index in [1.54, 1.807) is 0 Å². The standard InChI is InChI=1S/C18H30N2O/c1-13(2)10-20(12-17-6-5-7-19-17)11-16-8-14(3)18(21)15(4)9-16/h8-9,13,17,19,21H,5-7,10-12H2,1-4H3. The zero-order valence-corrected chi connectivity index (χ0v) is 13.9. The molecule has 1 unspecified atom stereocenters.